The molecule has 1 aromatic carbocycles. The van der Waals surface area contributed by atoms with Crippen LogP contribution < -0.4 is 15.8 Å². The Morgan fingerprint density at radius 3 is 2.29 bits per heavy atom. The fourth-order valence-electron chi connectivity index (χ4n) is 3.25. The highest BCUT2D eigenvalue weighted by atomic mass is 35.5. The predicted molar refractivity (Wildman–Crippen MR) is 110 cm³/mol. The van der Waals surface area contributed by atoms with Crippen LogP contribution in [0.4, 0.5) is 11.4 Å². The summed E-state index contributed by atoms with van der Waals surface area (Å²) in [6, 6.07) is 10.9. The SMILES string of the molecule is CC(=O)Nc1ccc(C)n(CC(=O)N2CCN(c3ccc(Cl)cc3)CC2)c1=O. The minimum absolute atomic E-state index is 0.0426. The zero-order chi connectivity index (χ0) is 20.3. The van der Waals surface area contributed by atoms with Crippen molar-refractivity contribution in [3.05, 3.63) is 57.5 Å². The molecule has 2 aromatic rings. The number of piperazine rings is 1. The molecule has 1 saturated heterocycles. The largest absolute Gasteiger partial charge is 0.368 e. The van der Waals surface area contributed by atoms with Crippen LogP contribution in [0.3, 0.4) is 0 Å². The molecule has 0 radical (unpaired) electrons. The molecule has 7 nitrogen and oxygen atoms in total. The van der Waals surface area contributed by atoms with Crippen molar-refractivity contribution in [1.82, 2.24) is 9.47 Å². The Hall–Kier alpha value is -2.80. The third kappa shape index (κ3) is 4.54. The van der Waals surface area contributed by atoms with Crippen LogP contribution in [0.15, 0.2) is 41.2 Å². The van der Waals surface area contributed by atoms with Gasteiger partial charge in [-0.3, -0.25) is 14.4 Å². The van der Waals surface area contributed by atoms with Crippen molar-refractivity contribution in [3.8, 4) is 0 Å². The number of anilines is 2. The van der Waals surface area contributed by atoms with Gasteiger partial charge in [-0.05, 0) is 43.3 Å². The van der Waals surface area contributed by atoms with Gasteiger partial charge in [0, 0.05) is 49.5 Å². The molecule has 1 aromatic heterocycles. The van der Waals surface area contributed by atoms with E-state index in [4.69, 9.17) is 11.6 Å². The second-order valence-corrected chi connectivity index (χ2v) is 7.24. The van der Waals surface area contributed by atoms with Crippen molar-refractivity contribution in [2.45, 2.75) is 20.4 Å². The topological polar surface area (TPSA) is 74.7 Å². The molecule has 2 heterocycles. The predicted octanol–water partition coefficient (Wildman–Crippen LogP) is 2.12. The fourth-order valence-corrected chi connectivity index (χ4v) is 3.38. The van der Waals surface area contributed by atoms with Gasteiger partial charge in [-0.15, -0.1) is 0 Å². The molecule has 28 heavy (non-hydrogen) atoms. The molecule has 0 bridgehead atoms. The van der Waals surface area contributed by atoms with E-state index in [1.54, 1.807) is 24.0 Å². The third-order valence-electron chi connectivity index (χ3n) is 4.82. The van der Waals surface area contributed by atoms with Gasteiger partial charge >= 0.3 is 0 Å². The van der Waals surface area contributed by atoms with Gasteiger partial charge in [-0.25, -0.2) is 0 Å². The molecule has 2 amide bonds. The number of benzene rings is 1. The highest BCUT2D eigenvalue weighted by Gasteiger charge is 2.22. The van der Waals surface area contributed by atoms with E-state index in [-0.39, 0.29) is 29.6 Å². The lowest BCUT2D eigenvalue weighted by Crippen LogP contribution is -2.50. The first-order valence-corrected chi connectivity index (χ1v) is 9.49. The number of nitrogens with zero attached hydrogens (tertiary/aromatic N) is 3. The maximum Gasteiger partial charge on any atom is 0.274 e. The van der Waals surface area contributed by atoms with Crippen LogP contribution >= 0.6 is 11.6 Å². The number of hydrogen-bond donors (Lipinski definition) is 1. The number of pyridine rings is 1. The lowest BCUT2D eigenvalue weighted by molar-refractivity contribution is -0.132. The summed E-state index contributed by atoms with van der Waals surface area (Å²) in [6.45, 7) is 5.67. The molecular formula is C20H23ClN4O3. The highest BCUT2D eigenvalue weighted by Crippen LogP contribution is 2.19. The van der Waals surface area contributed by atoms with Gasteiger partial charge in [-0.2, -0.15) is 0 Å². The van der Waals surface area contributed by atoms with E-state index in [2.05, 4.69) is 10.2 Å². The third-order valence-corrected chi connectivity index (χ3v) is 5.07. The van der Waals surface area contributed by atoms with E-state index in [1.807, 2.05) is 24.3 Å². The Morgan fingerprint density at radius 2 is 1.68 bits per heavy atom. The standard InChI is InChI=1S/C20H23ClN4O3/c1-14-3-8-18(22-15(2)26)20(28)25(14)13-19(27)24-11-9-23(10-12-24)17-6-4-16(21)5-7-17/h3-8H,9-13H2,1-2H3,(H,22,26). The Balaban J connectivity index is 1.65. The Bertz CT molecular complexity index is 931. The van der Waals surface area contributed by atoms with E-state index >= 15 is 0 Å². The second-order valence-electron chi connectivity index (χ2n) is 6.81. The van der Waals surface area contributed by atoms with Crippen molar-refractivity contribution >= 4 is 34.8 Å². The molecule has 8 heteroatoms. The van der Waals surface area contributed by atoms with Crippen molar-refractivity contribution in [2.24, 2.45) is 0 Å². The molecule has 1 aliphatic rings. The van der Waals surface area contributed by atoms with Gasteiger partial charge in [0.05, 0.1) is 0 Å². The van der Waals surface area contributed by atoms with Crippen LogP contribution in [0, 0.1) is 6.92 Å². The summed E-state index contributed by atoms with van der Waals surface area (Å²) in [5.41, 5.74) is 1.56. The van der Waals surface area contributed by atoms with Crippen LogP contribution in [0.2, 0.25) is 5.02 Å². The summed E-state index contributed by atoms with van der Waals surface area (Å²) in [5, 5.41) is 3.20. The summed E-state index contributed by atoms with van der Waals surface area (Å²) in [5.74, 6) is -0.432. The number of carbonyl (C=O) groups is 2. The number of rotatable bonds is 4. The molecular weight excluding hydrogens is 380 g/mol. The summed E-state index contributed by atoms with van der Waals surface area (Å²) in [4.78, 5) is 40.5. The number of nitrogens with one attached hydrogen (secondary N) is 1. The Labute approximate surface area is 168 Å². The average molecular weight is 403 g/mol. The maximum atomic E-state index is 12.7. The maximum absolute atomic E-state index is 12.7. The van der Waals surface area contributed by atoms with Gasteiger partial charge in [0.25, 0.3) is 5.56 Å². The molecule has 0 saturated carbocycles. The van der Waals surface area contributed by atoms with Crippen LogP contribution in [0.1, 0.15) is 12.6 Å². The van der Waals surface area contributed by atoms with Gasteiger partial charge in [0.1, 0.15) is 12.2 Å². The van der Waals surface area contributed by atoms with Gasteiger partial charge < -0.3 is 19.7 Å². The molecule has 148 valence electrons. The van der Waals surface area contributed by atoms with Crippen molar-refractivity contribution in [2.75, 3.05) is 36.4 Å². The highest BCUT2D eigenvalue weighted by molar-refractivity contribution is 6.30. The number of aromatic nitrogens is 1. The monoisotopic (exact) mass is 402 g/mol. The molecule has 0 aliphatic carbocycles. The van der Waals surface area contributed by atoms with E-state index < -0.39 is 0 Å². The van der Waals surface area contributed by atoms with E-state index in [9.17, 15) is 14.4 Å². The molecule has 1 fully saturated rings. The lowest BCUT2D eigenvalue weighted by Gasteiger charge is -2.36. The number of aryl methyl sites for hydroxylation is 1. The first-order chi connectivity index (χ1) is 13.3. The smallest absolute Gasteiger partial charge is 0.274 e. The fraction of sp³-hybridized carbons (Fsp3) is 0.350. The number of amides is 2. The minimum atomic E-state index is -0.372. The molecule has 1 aliphatic heterocycles. The van der Waals surface area contributed by atoms with Crippen LogP contribution in [0.25, 0.3) is 0 Å². The lowest BCUT2D eigenvalue weighted by atomic mass is 10.2. The minimum Gasteiger partial charge on any atom is -0.368 e. The van der Waals surface area contributed by atoms with Crippen LogP contribution in [-0.4, -0.2) is 47.5 Å². The van der Waals surface area contributed by atoms with Crippen molar-refractivity contribution < 1.29 is 9.59 Å². The van der Waals surface area contributed by atoms with Gasteiger partial charge in [0.15, 0.2) is 0 Å². The van der Waals surface area contributed by atoms with Crippen LogP contribution in [0.5, 0.6) is 0 Å². The van der Waals surface area contributed by atoms with Gasteiger partial charge in [0.2, 0.25) is 11.8 Å². The normalized spacial score (nSPS) is 14.1. The molecule has 1 N–H and O–H groups in total. The number of hydrogen-bond acceptors (Lipinski definition) is 4. The summed E-state index contributed by atoms with van der Waals surface area (Å²) < 4.78 is 1.40. The van der Waals surface area contributed by atoms with E-state index in [0.717, 1.165) is 5.69 Å². The summed E-state index contributed by atoms with van der Waals surface area (Å²) >= 11 is 5.93. The average Bonchev–Trinajstić information content (AvgIpc) is 2.68. The Kier molecular flexibility index (Phi) is 6.04. The van der Waals surface area contributed by atoms with Gasteiger partial charge in [-0.1, -0.05) is 11.6 Å². The number of carbonyl (C=O) groups excluding carboxylic acids is 2. The van der Waals surface area contributed by atoms with Crippen molar-refractivity contribution in [3.63, 3.8) is 0 Å². The molecule has 3 rings (SSSR count). The van der Waals surface area contributed by atoms with E-state index in [0.29, 0.717) is 36.9 Å². The first-order valence-electron chi connectivity index (χ1n) is 9.11. The number of halogens is 1. The zero-order valence-electron chi connectivity index (χ0n) is 15.9. The van der Waals surface area contributed by atoms with Crippen molar-refractivity contribution in [1.29, 1.82) is 0 Å². The first kappa shape index (κ1) is 19.9. The molecule has 0 spiro atoms. The quantitative estimate of drug-likeness (QED) is 0.850. The summed E-state index contributed by atoms with van der Waals surface area (Å²) in [6.07, 6.45) is 0. The molecule has 0 atom stereocenters. The zero-order valence-corrected chi connectivity index (χ0v) is 16.7. The second kappa shape index (κ2) is 8.48. The van der Waals surface area contributed by atoms with E-state index in [1.165, 1.54) is 11.5 Å². The Morgan fingerprint density at radius 1 is 1.04 bits per heavy atom. The molecule has 0 unspecified atom stereocenters. The summed E-state index contributed by atoms with van der Waals surface area (Å²) in [7, 11) is 0. The van der Waals surface area contributed by atoms with Crippen LogP contribution in [-0.2, 0) is 16.1 Å².